The first-order valence-corrected chi connectivity index (χ1v) is 12.2. The summed E-state index contributed by atoms with van der Waals surface area (Å²) in [5, 5.41) is 3.14. The first kappa shape index (κ1) is 27.2. The summed E-state index contributed by atoms with van der Waals surface area (Å²) in [7, 11) is 0. The van der Waals surface area contributed by atoms with Crippen molar-refractivity contribution < 1.29 is 31.1 Å². The van der Waals surface area contributed by atoms with Crippen LogP contribution in [0.3, 0.4) is 0 Å². The van der Waals surface area contributed by atoms with Crippen molar-refractivity contribution in [3.05, 3.63) is 89.0 Å². The molecule has 0 radical (unpaired) electrons. The van der Waals surface area contributed by atoms with Crippen molar-refractivity contribution in [3.63, 3.8) is 0 Å². The van der Waals surface area contributed by atoms with Crippen molar-refractivity contribution in [1.82, 2.24) is 24.4 Å². The van der Waals surface area contributed by atoms with E-state index in [1.807, 2.05) is 19.1 Å². The van der Waals surface area contributed by atoms with Gasteiger partial charge >= 0.3 is 12.4 Å². The second-order valence-corrected chi connectivity index (χ2v) is 9.30. The number of nitrogens with one attached hydrogen (secondary N) is 1. The number of alkyl halides is 6. The molecule has 0 unspecified atom stereocenters. The van der Waals surface area contributed by atoms with Crippen LogP contribution >= 0.6 is 0 Å². The molecule has 4 aromatic rings. The minimum Gasteiger partial charge on any atom is -0.369 e. The maximum atomic E-state index is 14.0. The predicted octanol–water partition coefficient (Wildman–Crippen LogP) is 6.13. The molecule has 5 rings (SSSR count). The van der Waals surface area contributed by atoms with Gasteiger partial charge in [-0.1, -0.05) is 24.3 Å². The van der Waals surface area contributed by atoms with Crippen molar-refractivity contribution in [2.45, 2.75) is 32.2 Å². The van der Waals surface area contributed by atoms with Gasteiger partial charge in [-0.25, -0.2) is 9.97 Å². The Bertz CT molecular complexity index is 1520. The number of fused-ring (bicyclic) bond motifs is 1. The molecule has 0 spiro atoms. The van der Waals surface area contributed by atoms with Gasteiger partial charge in [0.25, 0.3) is 5.91 Å². The van der Waals surface area contributed by atoms with Crippen LogP contribution in [0, 0.1) is 6.92 Å². The zero-order valence-corrected chi connectivity index (χ0v) is 21.0. The molecular weight excluding hydrogens is 538 g/mol. The highest BCUT2D eigenvalue weighted by molar-refractivity contribution is 6.04. The van der Waals surface area contributed by atoms with Gasteiger partial charge in [0, 0.05) is 37.6 Å². The first-order chi connectivity index (χ1) is 18.9. The lowest BCUT2D eigenvalue weighted by molar-refractivity contribution is -0.143. The maximum absolute atomic E-state index is 14.0. The topological polar surface area (TPSA) is 75.9 Å². The lowest BCUT2D eigenvalue weighted by Gasteiger charge is -2.28. The van der Waals surface area contributed by atoms with Crippen LogP contribution in [0.2, 0.25) is 0 Å². The van der Waals surface area contributed by atoms with Crippen LogP contribution in [0.1, 0.15) is 39.0 Å². The molecule has 3 heterocycles. The van der Waals surface area contributed by atoms with Crippen molar-refractivity contribution >= 4 is 11.7 Å². The van der Waals surface area contributed by atoms with E-state index in [0.29, 0.717) is 30.7 Å². The quantitative estimate of drug-likeness (QED) is 0.304. The number of hydrogen-bond donors (Lipinski definition) is 1. The maximum Gasteiger partial charge on any atom is 0.416 e. The molecule has 1 aliphatic heterocycles. The number of aromatic nitrogens is 4. The molecule has 0 saturated heterocycles. The number of carbonyl (C=O) groups excluding carboxylic acids is 1. The van der Waals surface area contributed by atoms with E-state index >= 15 is 0 Å². The Morgan fingerprint density at radius 2 is 1.68 bits per heavy atom. The van der Waals surface area contributed by atoms with Crippen LogP contribution in [0.15, 0.2) is 61.2 Å². The van der Waals surface area contributed by atoms with Gasteiger partial charge in [-0.15, -0.1) is 0 Å². The number of halogens is 6. The molecule has 7 nitrogen and oxygen atoms in total. The molecule has 2 aromatic heterocycles. The Kier molecular flexibility index (Phi) is 6.98. The zero-order valence-electron chi connectivity index (χ0n) is 21.0. The number of benzene rings is 2. The molecule has 0 bridgehead atoms. The highest BCUT2D eigenvalue weighted by Crippen LogP contribution is 2.37. The van der Waals surface area contributed by atoms with Crippen molar-refractivity contribution in [2.75, 3.05) is 18.4 Å². The SMILES string of the molecule is Cc1ccccc1-c1nc(-n2ccnc2)nc2c1C(=O)N(Cc1cc(C(F)(F)F)cc(C(F)(F)F)c1)CCCN2. The zero-order chi connectivity index (χ0) is 28.7. The fraction of sp³-hybridized carbons (Fsp3) is 0.259. The summed E-state index contributed by atoms with van der Waals surface area (Å²) in [6.45, 7) is 1.79. The number of nitrogens with zero attached hydrogens (tertiary/aromatic N) is 5. The van der Waals surface area contributed by atoms with E-state index in [1.165, 1.54) is 17.4 Å². The van der Waals surface area contributed by atoms with E-state index in [9.17, 15) is 31.1 Å². The van der Waals surface area contributed by atoms with E-state index < -0.39 is 35.9 Å². The average Bonchev–Trinajstić information content (AvgIpc) is 3.43. The van der Waals surface area contributed by atoms with E-state index in [2.05, 4.69) is 20.3 Å². The normalized spacial score (nSPS) is 14.4. The number of rotatable bonds is 4. The molecule has 1 N–H and O–H groups in total. The number of amides is 1. The molecule has 0 aliphatic carbocycles. The number of imidazole rings is 1. The molecule has 40 heavy (non-hydrogen) atoms. The van der Waals surface area contributed by atoms with Crippen LogP contribution in [0.4, 0.5) is 32.2 Å². The molecule has 13 heteroatoms. The fourth-order valence-electron chi connectivity index (χ4n) is 4.52. The number of hydrogen-bond acceptors (Lipinski definition) is 5. The number of carbonyl (C=O) groups is 1. The Balaban J connectivity index is 1.63. The molecule has 1 amide bonds. The molecule has 2 aromatic carbocycles. The molecule has 0 saturated carbocycles. The molecule has 0 fully saturated rings. The second kappa shape index (κ2) is 10.3. The third-order valence-corrected chi connectivity index (χ3v) is 6.45. The van der Waals surface area contributed by atoms with Gasteiger partial charge in [0.2, 0.25) is 5.95 Å². The predicted molar refractivity (Wildman–Crippen MR) is 134 cm³/mol. The first-order valence-electron chi connectivity index (χ1n) is 12.2. The summed E-state index contributed by atoms with van der Waals surface area (Å²) in [4.78, 5) is 28.4. The molecule has 208 valence electrons. The van der Waals surface area contributed by atoms with E-state index in [-0.39, 0.29) is 41.2 Å². The van der Waals surface area contributed by atoms with E-state index in [4.69, 9.17) is 0 Å². The second-order valence-electron chi connectivity index (χ2n) is 9.30. The standard InChI is InChI=1S/C27H22F6N6O/c1-16-5-2-3-6-20(16)22-21-23(37-25(36-22)39-10-8-34-15-39)35-7-4-9-38(24(21)40)14-17-11-18(26(28,29)30)13-19(12-17)27(31,32)33/h2-3,5-6,8,10-13,15H,4,7,9,14H2,1H3,(H,35,36,37). The van der Waals surface area contributed by atoms with Gasteiger partial charge in [0.15, 0.2) is 0 Å². The lowest BCUT2D eigenvalue weighted by Crippen LogP contribution is -2.36. The van der Waals surface area contributed by atoms with Crippen LogP contribution in [0.5, 0.6) is 0 Å². The lowest BCUT2D eigenvalue weighted by atomic mass is 9.99. The molecule has 1 aliphatic rings. The summed E-state index contributed by atoms with van der Waals surface area (Å²) in [6, 6.07) is 8.55. The van der Waals surface area contributed by atoms with E-state index in [0.717, 1.165) is 5.56 Å². The Labute approximate surface area is 224 Å². The van der Waals surface area contributed by atoms with Gasteiger partial charge in [-0.05, 0) is 42.7 Å². The summed E-state index contributed by atoms with van der Waals surface area (Å²) in [6.07, 6.45) is -4.96. The molecular formula is C27H22F6N6O. The van der Waals surface area contributed by atoms with Crippen molar-refractivity contribution in [2.24, 2.45) is 0 Å². The summed E-state index contributed by atoms with van der Waals surface area (Å²) < 4.78 is 82.3. The van der Waals surface area contributed by atoms with Gasteiger partial charge < -0.3 is 10.2 Å². The van der Waals surface area contributed by atoms with E-state index in [1.54, 1.807) is 22.9 Å². The van der Waals surface area contributed by atoms with Crippen LogP contribution < -0.4 is 5.32 Å². The van der Waals surface area contributed by atoms with Gasteiger partial charge in [-0.3, -0.25) is 9.36 Å². The summed E-state index contributed by atoms with van der Waals surface area (Å²) in [5.41, 5.74) is -1.40. The van der Waals surface area contributed by atoms with Gasteiger partial charge in [-0.2, -0.15) is 31.3 Å². The monoisotopic (exact) mass is 560 g/mol. The van der Waals surface area contributed by atoms with Crippen LogP contribution in [0.25, 0.3) is 17.2 Å². The Hall–Kier alpha value is -4.42. The Morgan fingerprint density at radius 1 is 0.975 bits per heavy atom. The van der Waals surface area contributed by atoms with Crippen molar-refractivity contribution in [1.29, 1.82) is 0 Å². The summed E-state index contributed by atoms with van der Waals surface area (Å²) >= 11 is 0. The summed E-state index contributed by atoms with van der Waals surface area (Å²) in [5.74, 6) is -0.190. The minimum absolute atomic E-state index is 0.0692. The molecule has 0 atom stereocenters. The van der Waals surface area contributed by atoms with Crippen molar-refractivity contribution in [3.8, 4) is 17.2 Å². The van der Waals surface area contributed by atoms with Gasteiger partial charge in [0.05, 0.1) is 16.8 Å². The third-order valence-electron chi connectivity index (χ3n) is 6.45. The third kappa shape index (κ3) is 5.49. The largest absolute Gasteiger partial charge is 0.416 e. The smallest absolute Gasteiger partial charge is 0.369 e. The Morgan fingerprint density at radius 3 is 2.30 bits per heavy atom. The minimum atomic E-state index is -5.00. The fourth-order valence-corrected chi connectivity index (χ4v) is 4.52. The highest BCUT2D eigenvalue weighted by Gasteiger charge is 2.37. The van der Waals surface area contributed by atoms with Gasteiger partial charge in [0.1, 0.15) is 17.7 Å². The number of anilines is 1. The highest BCUT2D eigenvalue weighted by atomic mass is 19.4. The number of aryl methyl sites for hydroxylation is 1. The van der Waals surface area contributed by atoms with Crippen LogP contribution in [-0.2, 0) is 18.9 Å². The average molecular weight is 561 g/mol. The van der Waals surface area contributed by atoms with Crippen LogP contribution in [-0.4, -0.2) is 43.4 Å².